The number of anilines is 1. The molecule has 0 saturated heterocycles. The van der Waals surface area contributed by atoms with Crippen molar-refractivity contribution < 1.29 is 24.2 Å². The smallest absolute Gasteiger partial charge is 0.330 e. The maximum absolute atomic E-state index is 14.3. The van der Waals surface area contributed by atoms with Gasteiger partial charge in [0, 0.05) is 12.2 Å². The summed E-state index contributed by atoms with van der Waals surface area (Å²) in [4.78, 5) is 29.5. The molecule has 2 bridgehead atoms. The number of carbonyl (C=O) groups is 2. The third-order valence-corrected chi connectivity index (χ3v) is 10.6. The minimum absolute atomic E-state index is 0.118. The lowest BCUT2D eigenvalue weighted by Gasteiger charge is -2.52. The SMILES string of the molecule is COc1cccc(OC)c1-c1cc(C(=O)NC2(C(=O)O)C3CCCC2CC(C)C3)nn1-c1ccc(NCCCCCN(C)C)cc1C(C)C. The summed E-state index contributed by atoms with van der Waals surface area (Å²) in [7, 11) is 7.41. The van der Waals surface area contributed by atoms with Gasteiger partial charge in [0.2, 0.25) is 0 Å². The number of nitrogens with one attached hydrogen (secondary N) is 2. The van der Waals surface area contributed by atoms with E-state index in [9.17, 15) is 14.7 Å². The average molecular weight is 674 g/mol. The van der Waals surface area contributed by atoms with Crippen LogP contribution in [0.3, 0.4) is 0 Å². The summed E-state index contributed by atoms with van der Waals surface area (Å²) < 4.78 is 13.4. The molecule has 1 amide bonds. The van der Waals surface area contributed by atoms with Crippen LogP contribution >= 0.6 is 0 Å². The molecule has 1 aromatic heterocycles. The number of carboxylic acid groups (broad SMARTS) is 1. The minimum atomic E-state index is -1.31. The summed E-state index contributed by atoms with van der Waals surface area (Å²) in [5.74, 6) is 0.0504. The van der Waals surface area contributed by atoms with Crippen LogP contribution in [0.15, 0.2) is 42.5 Å². The summed E-state index contributed by atoms with van der Waals surface area (Å²) in [5.41, 5.74) is 3.02. The molecule has 10 heteroatoms. The number of aliphatic carboxylic acids is 1. The standard InChI is InChI=1S/C39H55N5O5/c1-25(2)30-23-29(40-19-9-8-10-20-43(4)5)17-18-32(30)44-33(36-34(48-6)15-12-16-35(36)49-7)24-31(42-44)37(45)41-39(38(46)47)27-13-11-14-28(39)22-26(3)21-27/h12,15-18,23-28,40H,8-11,13-14,19-22H2,1-7H3,(H,41,45)(H,46,47). The third-order valence-electron chi connectivity index (χ3n) is 10.6. The van der Waals surface area contributed by atoms with Crippen molar-refractivity contribution in [3.8, 4) is 28.4 Å². The Morgan fingerprint density at radius 3 is 2.29 bits per heavy atom. The molecule has 0 radical (unpaired) electrons. The zero-order valence-corrected chi connectivity index (χ0v) is 30.3. The maximum atomic E-state index is 14.3. The van der Waals surface area contributed by atoms with Gasteiger partial charge in [-0.3, -0.25) is 4.79 Å². The fraction of sp³-hybridized carbons (Fsp3) is 0.564. The van der Waals surface area contributed by atoms with Gasteiger partial charge in [0.25, 0.3) is 5.91 Å². The zero-order chi connectivity index (χ0) is 35.3. The van der Waals surface area contributed by atoms with Crippen LogP contribution < -0.4 is 20.1 Å². The summed E-state index contributed by atoms with van der Waals surface area (Å²) in [5, 5.41) is 22.3. The number of fused-ring (bicyclic) bond motifs is 2. The number of ether oxygens (including phenoxy) is 2. The van der Waals surface area contributed by atoms with Crippen molar-refractivity contribution in [2.24, 2.45) is 17.8 Å². The molecular weight excluding hydrogens is 618 g/mol. The van der Waals surface area contributed by atoms with Crippen LogP contribution in [0.2, 0.25) is 0 Å². The van der Waals surface area contributed by atoms with Gasteiger partial charge in [0.05, 0.1) is 31.2 Å². The van der Waals surface area contributed by atoms with Gasteiger partial charge in [-0.25, -0.2) is 9.48 Å². The number of methoxy groups -OCH3 is 2. The quantitative estimate of drug-likeness (QED) is 0.145. The van der Waals surface area contributed by atoms with Crippen LogP contribution in [0.5, 0.6) is 11.5 Å². The lowest BCUT2D eigenvalue weighted by atomic mass is 9.57. The topological polar surface area (TPSA) is 118 Å². The van der Waals surface area contributed by atoms with Crippen molar-refractivity contribution >= 4 is 17.6 Å². The van der Waals surface area contributed by atoms with E-state index >= 15 is 0 Å². The number of aromatic nitrogens is 2. The first-order valence-electron chi connectivity index (χ1n) is 17.9. The van der Waals surface area contributed by atoms with Gasteiger partial charge < -0.3 is 30.1 Å². The van der Waals surface area contributed by atoms with Gasteiger partial charge in [-0.2, -0.15) is 5.10 Å². The number of unbranched alkanes of at least 4 members (excludes halogenated alkanes) is 2. The van der Waals surface area contributed by atoms with E-state index < -0.39 is 17.4 Å². The van der Waals surface area contributed by atoms with Crippen LogP contribution in [0.25, 0.3) is 16.9 Å². The van der Waals surface area contributed by atoms with Gasteiger partial charge in [-0.15, -0.1) is 0 Å². The molecule has 10 nitrogen and oxygen atoms in total. The van der Waals surface area contributed by atoms with Crippen molar-refractivity contribution in [1.29, 1.82) is 0 Å². The first-order valence-corrected chi connectivity index (χ1v) is 17.9. The van der Waals surface area contributed by atoms with E-state index in [4.69, 9.17) is 14.6 Å². The predicted octanol–water partition coefficient (Wildman–Crippen LogP) is 7.22. The number of hydrogen-bond acceptors (Lipinski definition) is 7. The van der Waals surface area contributed by atoms with E-state index in [1.54, 1.807) is 25.0 Å². The molecule has 0 aliphatic heterocycles. The summed E-state index contributed by atoms with van der Waals surface area (Å²) in [6, 6.07) is 13.5. The summed E-state index contributed by atoms with van der Waals surface area (Å²) >= 11 is 0. The molecule has 49 heavy (non-hydrogen) atoms. The second-order valence-electron chi connectivity index (χ2n) is 14.6. The maximum Gasteiger partial charge on any atom is 0.330 e. The second-order valence-corrected chi connectivity index (χ2v) is 14.6. The second kappa shape index (κ2) is 15.7. The molecule has 2 fully saturated rings. The van der Waals surface area contributed by atoms with E-state index in [1.165, 1.54) is 6.42 Å². The molecule has 3 aromatic rings. The van der Waals surface area contributed by atoms with E-state index in [1.807, 2.05) is 24.3 Å². The molecule has 0 spiro atoms. The summed E-state index contributed by atoms with van der Waals surface area (Å²) in [6.45, 7) is 8.44. The third kappa shape index (κ3) is 7.59. The first kappa shape index (κ1) is 36.2. The number of amides is 1. The van der Waals surface area contributed by atoms with E-state index in [2.05, 4.69) is 62.5 Å². The van der Waals surface area contributed by atoms with Crippen LogP contribution in [0, 0.1) is 17.8 Å². The summed E-state index contributed by atoms with van der Waals surface area (Å²) in [6.07, 6.45) is 7.55. The van der Waals surface area contributed by atoms with Gasteiger partial charge in [0.1, 0.15) is 17.0 Å². The molecule has 1 heterocycles. The Labute approximate surface area is 291 Å². The fourth-order valence-electron chi connectivity index (χ4n) is 8.17. The molecule has 2 saturated carbocycles. The lowest BCUT2D eigenvalue weighted by molar-refractivity contribution is -0.156. The number of nitrogens with zero attached hydrogens (tertiary/aromatic N) is 3. The molecule has 2 atom stereocenters. The van der Waals surface area contributed by atoms with Crippen LogP contribution in [-0.2, 0) is 4.79 Å². The van der Waals surface area contributed by atoms with Crippen molar-refractivity contribution in [2.75, 3.05) is 46.7 Å². The van der Waals surface area contributed by atoms with Crippen molar-refractivity contribution in [3.63, 3.8) is 0 Å². The molecule has 266 valence electrons. The molecule has 2 aliphatic rings. The first-order chi connectivity index (χ1) is 23.5. The van der Waals surface area contributed by atoms with Crippen molar-refractivity contribution in [2.45, 2.75) is 83.6 Å². The number of rotatable bonds is 15. The highest BCUT2D eigenvalue weighted by Gasteiger charge is 2.57. The van der Waals surface area contributed by atoms with E-state index in [0.29, 0.717) is 28.7 Å². The van der Waals surface area contributed by atoms with Crippen molar-refractivity contribution in [1.82, 2.24) is 20.0 Å². The molecule has 2 aromatic carbocycles. The highest BCUT2D eigenvalue weighted by Crippen LogP contribution is 2.50. The highest BCUT2D eigenvalue weighted by atomic mass is 16.5. The molecule has 2 unspecified atom stereocenters. The highest BCUT2D eigenvalue weighted by molar-refractivity contribution is 5.98. The van der Waals surface area contributed by atoms with Crippen LogP contribution in [0.4, 0.5) is 5.69 Å². The van der Waals surface area contributed by atoms with Crippen LogP contribution in [-0.4, -0.2) is 78.6 Å². The Kier molecular flexibility index (Phi) is 11.6. The van der Waals surface area contributed by atoms with Crippen molar-refractivity contribution in [3.05, 3.63) is 53.7 Å². The van der Waals surface area contributed by atoms with Gasteiger partial charge in [-0.1, -0.05) is 39.7 Å². The van der Waals surface area contributed by atoms with E-state index in [0.717, 1.165) is 75.0 Å². The zero-order valence-electron chi connectivity index (χ0n) is 30.3. The normalized spacial score (nSPS) is 21.9. The Balaban J connectivity index is 1.55. The van der Waals surface area contributed by atoms with Gasteiger partial charge >= 0.3 is 5.97 Å². The minimum Gasteiger partial charge on any atom is -0.496 e. The van der Waals surface area contributed by atoms with Crippen LogP contribution in [0.1, 0.15) is 94.1 Å². The van der Waals surface area contributed by atoms with E-state index in [-0.39, 0.29) is 23.4 Å². The largest absolute Gasteiger partial charge is 0.496 e. The molecule has 3 N–H and O–H groups in total. The fourth-order valence-corrected chi connectivity index (χ4v) is 8.17. The number of carboxylic acids is 1. The van der Waals surface area contributed by atoms with Gasteiger partial charge in [0.15, 0.2) is 5.69 Å². The predicted molar refractivity (Wildman–Crippen MR) is 194 cm³/mol. The Morgan fingerprint density at radius 2 is 1.69 bits per heavy atom. The Bertz CT molecular complexity index is 1580. The van der Waals surface area contributed by atoms with Gasteiger partial charge in [-0.05, 0) is 125 Å². The molecular formula is C39H55N5O5. The Morgan fingerprint density at radius 1 is 1.02 bits per heavy atom. The lowest BCUT2D eigenvalue weighted by Crippen LogP contribution is -2.67. The Hall–Kier alpha value is -4.05. The average Bonchev–Trinajstić information content (AvgIpc) is 3.51. The number of benzene rings is 2. The molecule has 5 rings (SSSR count). The number of hydrogen-bond donors (Lipinski definition) is 3. The monoisotopic (exact) mass is 673 g/mol. The molecule has 2 aliphatic carbocycles. The number of carbonyl (C=O) groups excluding carboxylic acids is 1.